The van der Waals surface area contributed by atoms with Crippen molar-refractivity contribution in [3.05, 3.63) is 39.3 Å². The fourth-order valence-corrected chi connectivity index (χ4v) is 4.59. The Kier molecular flexibility index (Phi) is 3.36. The third-order valence-electron chi connectivity index (χ3n) is 3.08. The predicted molar refractivity (Wildman–Crippen MR) is 79.1 cm³/mol. The van der Waals surface area contributed by atoms with E-state index in [1.807, 2.05) is 6.07 Å². The normalized spacial score (nSPS) is 14.4. The van der Waals surface area contributed by atoms with Gasteiger partial charge in [-0.3, -0.25) is 4.72 Å². The van der Waals surface area contributed by atoms with Crippen LogP contribution in [0.4, 0.5) is 5.13 Å². The summed E-state index contributed by atoms with van der Waals surface area (Å²) in [6.45, 7) is 0. The molecule has 1 aromatic heterocycles. The highest BCUT2D eigenvalue weighted by Gasteiger charge is 2.19. The zero-order valence-corrected chi connectivity index (χ0v) is 13.1. The highest BCUT2D eigenvalue weighted by Crippen LogP contribution is 2.28. The largest absolute Gasteiger partial charge is 0.263 e. The van der Waals surface area contributed by atoms with Gasteiger partial charge >= 0.3 is 0 Å². The minimum atomic E-state index is -3.54. The molecule has 0 amide bonds. The third kappa shape index (κ3) is 2.68. The first-order chi connectivity index (χ1) is 9.04. The minimum absolute atomic E-state index is 0.305. The van der Waals surface area contributed by atoms with E-state index in [-0.39, 0.29) is 0 Å². The van der Waals surface area contributed by atoms with Gasteiger partial charge in [-0.25, -0.2) is 13.4 Å². The standard InChI is InChI=1S/C12H11BrN2O2S2/c13-11-7-14-12(18-11)15-19(16,17)10-5-4-8-2-1-3-9(8)6-10/h4-7H,1-3H2,(H,14,15). The van der Waals surface area contributed by atoms with Gasteiger partial charge in [0.2, 0.25) is 0 Å². The summed E-state index contributed by atoms with van der Waals surface area (Å²) >= 11 is 4.51. The summed E-state index contributed by atoms with van der Waals surface area (Å²) in [4.78, 5) is 4.29. The number of fused-ring (bicyclic) bond motifs is 1. The molecule has 1 aromatic carbocycles. The number of hydrogen-bond donors (Lipinski definition) is 1. The van der Waals surface area contributed by atoms with Gasteiger partial charge < -0.3 is 0 Å². The molecule has 1 N–H and O–H groups in total. The van der Waals surface area contributed by atoms with Gasteiger partial charge in [0.15, 0.2) is 5.13 Å². The molecule has 1 aliphatic rings. The first-order valence-electron chi connectivity index (χ1n) is 5.80. The number of benzene rings is 1. The van der Waals surface area contributed by atoms with E-state index in [9.17, 15) is 8.42 Å². The van der Waals surface area contributed by atoms with Crippen LogP contribution in [0.3, 0.4) is 0 Å². The Morgan fingerprint density at radius 2 is 2.05 bits per heavy atom. The van der Waals surface area contributed by atoms with E-state index in [1.54, 1.807) is 18.3 Å². The monoisotopic (exact) mass is 358 g/mol. The number of aryl methyl sites for hydroxylation is 2. The average Bonchev–Trinajstić information content (AvgIpc) is 2.96. The number of nitrogens with one attached hydrogen (secondary N) is 1. The van der Waals surface area contributed by atoms with Gasteiger partial charge in [0.05, 0.1) is 14.9 Å². The maximum atomic E-state index is 12.3. The van der Waals surface area contributed by atoms with Crippen LogP contribution in [0.25, 0.3) is 0 Å². The number of halogens is 1. The Balaban J connectivity index is 1.92. The Hall–Kier alpha value is -0.920. The van der Waals surface area contributed by atoms with Gasteiger partial charge in [0.25, 0.3) is 10.0 Å². The highest BCUT2D eigenvalue weighted by atomic mass is 79.9. The molecule has 0 spiro atoms. The van der Waals surface area contributed by atoms with Crippen molar-refractivity contribution in [2.75, 3.05) is 4.72 Å². The fourth-order valence-electron chi connectivity index (χ4n) is 2.19. The zero-order valence-electron chi connectivity index (χ0n) is 9.89. The minimum Gasteiger partial charge on any atom is -0.255 e. The number of hydrogen-bond acceptors (Lipinski definition) is 4. The zero-order chi connectivity index (χ0) is 13.5. The lowest BCUT2D eigenvalue weighted by Gasteiger charge is -2.07. The maximum absolute atomic E-state index is 12.3. The lowest BCUT2D eigenvalue weighted by Crippen LogP contribution is -2.13. The summed E-state index contributed by atoms with van der Waals surface area (Å²) in [5, 5.41) is 0.368. The molecule has 0 radical (unpaired) electrons. The maximum Gasteiger partial charge on any atom is 0.263 e. The fraction of sp³-hybridized carbons (Fsp3) is 0.250. The van der Waals surface area contributed by atoms with E-state index < -0.39 is 10.0 Å². The summed E-state index contributed by atoms with van der Waals surface area (Å²) in [5.74, 6) is 0. The van der Waals surface area contributed by atoms with E-state index >= 15 is 0 Å². The van der Waals surface area contributed by atoms with Crippen LogP contribution in [0.2, 0.25) is 0 Å². The number of rotatable bonds is 3. The summed E-state index contributed by atoms with van der Waals surface area (Å²) in [7, 11) is -3.54. The topological polar surface area (TPSA) is 59.1 Å². The van der Waals surface area contributed by atoms with Crippen molar-refractivity contribution < 1.29 is 8.42 Å². The molecule has 0 bridgehead atoms. The second-order valence-corrected chi connectivity index (χ2v) is 8.45. The number of sulfonamides is 1. The molecule has 0 saturated carbocycles. The first-order valence-corrected chi connectivity index (χ1v) is 8.90. The number of anilines is 1. The van der Waals surface area contributed by atoms with Crippen molar-refractivity contribution in [2.24, 2.45) is 0 Å². The van der Waals surface area contributed by atoms with E-state index in [0.717, 1.165) is 28.6 Å². The van der Waals surface area contributed by atoms with Crippen molar-refractivity contribution >= 4 is 42.4 Å². The quantitative estimate of drug-likeness (QED) is 0.916. The van der Waals surface area contributed by atoms with E-state index in [4.69, 9.17) is 0 Å². The summed E-state index contributed by atoms with van der Waals surface area (Å²) in [6, 6.07) is 5.34. The molecule has 0 fully saturated rings. The van der Waals surface area contributed by atoms with Gasteiger partial charge in [-0.15, -0.1) is 0 Å². The molecular formula is C12H11BrN2O2S2. The molecule has 0 aliphatic heterocycles. The van der Waals surface area contributed by atoms with Crippen LogP contribution in [0.1, 0.15) is 17.5 Å². The van der Waals surface area contributed by atoms with Gasteiger partial charge in [0, 0.05) is 0 Å². The summed E-state index contributed by atoms with van der Waals surface area (Å²) < 4.78 is 27.8. The SMILES string of the molecule is O=S(=O)(Nc1ncc(Br)s1)c1ccc2c(c1)CCC2. The Labute approximate surface area is 124 Å². The Bertz CT molecular complexity index is 725. The van der Waals surface area contributed by atoms with Crippen LogP contribution in [-0.2, 0) is 22.9 Å². The van der Waals surface area contributed by atoms with Crippen molar-refractivity contribution in [1.29, 1.82) is 0 Å². The summed E-state index contributed by atoms with van der Waals surface area (Å²) in [6.07, 6.45) is 4.68. The number of aromatic nitrogens is 1. The van der Waals surface area contributed by atoms with Gasteiger partial charge in [0.1, 0.15) is 0 Å². The van der Waals surface area contributed by atoms with Crippen molar-refractivity contribution in [3.8, 4) is 0 Å². The molecule has 7 heteroatoms. The van der Waals surface area contributed by atoms with Crippen LogP contribution in [0, 0.1) is 0 Å². The molecule has 0 saturated heterocycles. The summed E-state index contributed by atoms with van der Waals surface area (Å²) in [5.41, 5.74) is 2.40. The van der Waals surface area contributed by atoms with Crippen molar-refractivity contribution in [1.82, 2.24) is 4.98 Å². The molecule has 1 heterocycles. The molecule has 0 atom stereocenters. The van der Waals surface area contributed by atoms with Gasteiger partial charge in [-0.2, -0.15) is 0 Å². The lowest BCUT2D eigenvalue weighted by molar-refractivity contribution is 0.601. The van der Waals surface area contributed by atoms with Gasteiger partial charge in [-0.1, -0.05) is 17.4 Å². The van der Waals surface area contributed by atoms with Crippen LogP contribution in [0.15, 0.2) is 33.1 Å². The third-order valence-corrected chi connectivity index (χ3v) is 5.94. The molecule has 1 aliphatic carbocycles. The van der Waals surface area contributed by atoms with Gasteiger partial charge in [-0.05, 0) is 58.5 Å². The molecule has 4 nitrogen and oxygen atoms in total. The van der Waals surface area contributed by atoms with E-state index in [2.05, 4.69) is 25.6 Å². The van der Waals surface area contributed by atoms with E-state index in [1.165, 1.54) is 16.9 Å². The Morgan fingerprint density at radius 1 is 1.26 bits per heavy atom. The second kappa shape index (κ2) is 4.88. The van der Waals surface area contributed by atoms with E-state index in [0.29, 0.717) is 10.0 Å². The second-order valence-electron chi connectivity index (χ2n) is 4.36. The van der Waals surface area contributed by atoms with Crippen molar-refractivity contribution in [2.45, 2.75) is 24.2 Å². The highest BCUT2D eigenvalue weighted by molar-refractivity contribution is 9.11. The predicted octanol–water partition coefficient (Wildman–Crippen LogP) is 3.20. The molecular weight excluding hydrogens is 348 g/mol. The smallest absolute Gasteiger partial charge is 0.255 e. The van der Waals surface area contributed by atoms with Crippen LogP contribution >= 0.6 is 27.3 Å². The van der Waals surface area contributed by atoms with Crippen LogP contribution < -0.4 is 4.72 Å². The molecule has 2 aromatic rings. The average molecular weight is 359 g/mol. The molecule has 3 rings (SSSR count). The number of nitrogens with zero attached hydrogens (tertiary/aromatic N) is 1. The first kappa shape index (κ1) is 13.1. The van der Waals surface area contributed by atoms with Crippen molar-refractivity contribution in [3.63, 3.8) is 0 Å². The van der Waals surface area contributed by atoms with Crippen LogP contribution in [-0.4, -0.2) is 13.4 Å². The molecule has 100 valence electrons. The lowest BCUT2D eigenvalue weighted by atomic mass is 10.1. The molecule has 19 heavy (non-hydrogen) atoms. The number of thiazole rings is 1. The Morgan fingerprint density at radius 3 is 2.79 bits per heavy atom. The van der Waals surface area contributed by atoms with Crippen LogP contribution in [0.5, 0.6) is 0 Å². The molecule has 0 unspecified atom stereocenters.